The largest absolute Gasteiger partial charge is 0.518 e. The highest BCUT2D eigenvalue weighted by molar-refractivity contribution is 6.61. The minimum absolute atomic E-state index is 0.379. The summed E-state index contributed by atoms with van der Waals surface area (Å²) in [6.45, 7) is 10.0. The fourth-order valence-corrected chi connectivity index (χ4v) is 2.29. The Hall–Kier alpha value is -1.59. The van der Waals surface area contributed by atoms with Gasteiger partial charge in [0.15, 0.2) is 0 Å². The highest BCUT2D eigenvalue weighted by Gasteiger charge is 2.53. The van der Waals surface area contributed by atoms with Gasteiger partial charge < -0.3 is 13.7 Å². The van der Waals surface area contributed by atoms with Gasteiger partial charge in [0.05, 0.1) is 11.2 Å². The minimum Gasteiger partial charge on any atom is -0.442 e. The monoisotopic (exact) mass is 285 g/mol. The highest BCUT2D eigenvalue weighted by Crippen LogP contribution is 2.36. The van der Waals surface area contributed by atoms with Crippen molar-refractivity contribution >= 4 is 12.7 Å². The van der Waals surface area contributed by atoms with Gasteiger partial charge in [-0.05, 0) is 46.8 Å². The zero-order valence-electron chi connectivity index (χ0n) is 13.1. The van der Waals surface area contributed by atoms with Crippen LogP contribution in [0.25, 0.3) is 11.5 Å². The molecular formula is C16H20BNO3. The van der Waals surface area contributed by atoms with Crippen molar-refractivity contribution in [1.29, 1.82) is 0 Å². The third-order valence-electron chi connectivity index (χ3n) is 4.33. The van der Waals surface area contributed by atoms with E-state index in [2.05, 4.69) is 4.98 Å². The van der Waals surface area contributed by atoms with Crippen molar-refractivity contribution in [3.8, 4) is 11.5 Å². The summed E-state index contributed by atoms with van der Waals surface area (Å²) in [6.07, 6.45) is 0. The Morgan fingerprint density at radius 3 is 2.10 bits per heavy atom. The van der Waals surface area contributed by atoms with Crippen molar-refractivity contribution in [3.05, 3.63) is 36.1 Å². The smallest absolute Gasteiger partial charge is 0.442 e. The summed E-state index contributed by atoms with van der Waals surface area (Å²) >= 11 is 0. The quantitative estimate of drug-likeness (QED) is 0.796. The molecular weight excluding hydrogens is 265 g/mol. The topological polar surface area (TPSA) is 44.5 Å². The zero-order valence-corrected chi connectivity index (χ0v) is 13.1. The molecule has 0 amide bonds. The number of hydrogen-bond donors (Lipinski definition) is 0. The van der Waals surface area contributed by atoms with Crippen LogP contribution in [0.5, 0.6) is 0 Å². The standard InChI is InChI=1S/C16H20BNO3/c1-11-13(17-20-15(2,3)16(4,5)21-17)18-14(19-11)12-9-7-6-8-10-12/h6-10H,1-5H3. The summed E-state index contributed by atoms with van der Waals surface area (Å²) in [7, 11) is -0.490. The number of aryl methyl sites for hydroxylation is 1. The second-order valence-electron chi connectivity index (χ2n) is 6.41. The van der Waals surface area contributed by atoms with Crippen LogP contribution < -0.4 is 5.59 Å². The van der Waals surface area contributed by atoms with Crippen LogP contribution in [0.2, 0.25) is 0 Å². The number of hydrogen-bond acceptors (Lipinski definition) is 4. The molecule has 1 aliphatic rings. The molecule has 1 saturated heterocycles. The van der Waals surface area contributed by atoms with Gasteiger partial charge >= 0.3 is 7.12 Å². The number of oxazole rings is 1. The molecule has 2 heterocycles. The number of rotatable bonds is 2. The van der Waals surface area contributed by atoms with Crippen molar-refractivity contribution in [3.63, 3.8) is 0 Å². The predicted molar refractivity (Wildman–Crippen MR) is 82.4 cm³/mol. The van der Waals surface area contributed by atoms with E-state index in [0.717, 1.165) is 11.3 Å². The molecule has 3 rings (SSSR count). The first kappa shape index (κ1) is 14.4. The first-order valence-corrected chi connectivity index (χ1v) is 7.18. The van der Waals surface area contributed by atoms with Crippen LogP contribution in [-0.4, -0.2) is 23.3 Å². The molecule has 1 aliphatic heterocycles. The molecule has 0 radical (unpaired) electrons. The van der Waals surface area contributed by atoms with Gasteiger partial charge in [-0.25, -0.2) is 4.98 Å². The zero-order chi connectivity index (χ0) is 15.3. The fraction of sp³-hybridized carbons (Fsp3) is 0.438. The Balaban J connectivity index is 1.93. The van der Waals surface area contributed by atoms with Crippen LogP contribution >= 0.6 is 0 Å². The van der Waals surface area contributed by atoms with E-state index >= 15 is 0 Å². The van der Waals surface area contributed by atoms with Crippen molar-refractivity contribution in [2.45, 2.75) is 45.8 Å². The minimum atomic E-state index is -0.490. The molecule has 0 unspecified atom stereocenters. The highest BCUT2D eigenvalue weighted by atomic mass is 16.7. The Morgan fingerprint density at radius 2 is 1.52 bits per heavy atom. The average molecular weight is 285 g/mol. The lowest BCUT2D eigenvalue weighted by atomic mass is 9.84. The Morgan fingerprint density at radius 1 is 0.952 bits per heavy atom. The Bertz CT molecular complexity index is 633. The van der Waals surface area contributed by atoms with Crippen LogP contribution in [0.4, 0.5) is 0 Å². The second kappa shape index (κ2) is 4.72. The van der Waals surface area contributed by atoms with Crippen LogP contribution in [-0.2, 0) is 9.31 Å². The third kappa shape index (κ3) is 2.41. The average Bonchev–Trinajstić information content (AvgIpc) is 2.89. The Labute approximate surface area is 125 Å². The number of benzene rings is 1. The molecule has 110 valence electrons. The van der Waals surface area contributed by atoms with E-state index in [4.69, 9.17) is 13.7 Å². The number of nitrogens with zero attached hydrogens (tertiary/aromatic N) is 1. The van der Waals surface area contributed by atoms with E-state index in [-0.39, 0.29) is 11.2 Å². The van der Waals surface area contributed by atoms with Gasteiger partial charge in [0.1, 0.15) is 11.4 Å². The molecule has 0 atom stereocenters. The SMILES string of the molecule is Cc1oc(-c2ccccc2)nc1B1OC(C)(C)C(C)(C)O1. The summed E-state index contributed by atoms with van der Waals surface area (Å²) in [5, 5.41) is 0. The van der Waals surface area contributed by atoms with E-state index in [1.807, 2.05) is 65.0 Å². The van der Waals surface area contributed by atoms with Crippen LogP contribution in [0.1, 0.15) is 33.5 Å². The molecule has 21 heavy (non-hydrogen) atoms. The van der Waals surface area contributed by atoms with Gasteiger partial charge in [0.2, 0.25) is 5.89 Å². The first-order chi connectivity index (χ1) is 9.80. The van der Waals surface area contributed by atoms with E-state index < -0.39 is 7.12 Å². The first-order valence-electron chi connectivity index (χ1n) is 7.18. The molecule has 4 nitrogen and oxygen atoms in total. The van der Waals surface area contributed by atoms with Crippen molar-refractivity contribution in [1.82, 2.24) is 4.98 Å². The molecule has 0 bridgehead atoms. The normalized spacial score (nSPS) is 20.0. The summed E-state index contributed by atoms with van der Waals surface area (Å²) < 4.78 is 17.8. The molecule has 0 N–H and O–H groups in total. The fourth-order valence-electron chi connectivity index (χ4n) is 2.29. The maximum atomic E-state index is 6.04. The summed E-state index contributed by atoms with van der Waals surface area (Å²) in [5.74, 6) is 1.32. The van der Waals surface area contributed by atoms with Gasteiger partial charge in [-0.2, -0.15) is 0 Å². The maximum Gasteiger partial charge on any atom is 0.518 e. The number of aromatic nitrogens is 1. The molecule has 0 spiro atoms. The van der Waals surface area contributed by atoms with Crippen molar-refractivity contribution < 1.29 is 13.7 Å². The summed E-state index contributed by atoms with van der Waals surface area (Å²) in [4.78, 5) is 4.58. The molecule has 2 aromatic rings. The van der Waals surface area contributed by atoms with Gasteiger partial charge in [-0.1, -0.05) is 18.2 Å². The third-order valence-corrected chi connectivity index (χ3v) is 4.33. The summed E-state index contributed by atoms with van der Waals surface area (Å²) in [5.41, 5.74) is 0.905. The van der Waals surface area contributed by atoms with Gasteiger partial charge in [0, 0.05) is 5.56 Å². The maximum absolute atomic E-state index is 6.04. The summed E-state index contributed by atoms with van der Waals surface area (Å²) in [6, 6.07) is 9.83. The van der Waals surface area contributed by atoms with Gasteiger partial charge in [0.25, 0.3) is 0 Å². The molecule has 1 aromatic heterocycles. The molecule has 1 aromatic carbocycles. The molecule has 1 fully saturated rings. The van der Waals surface area contributed by atoms with Crippen LogP contribution in [0, 0.1) is 6.92 Å². The van der Waals surface area contributed by atoms with E-state index in [0.29, 0.717) is 11.5 Å². The molecule has 0 saturated carbocycles. The van der Waals surface area contributed by atoms with E-state index in [1.165, 1.54) is 0 Å². The Kier molecular flexibility index (Phi) is 3.22. The van der Waals surface area contributed by atoms with E-state index in [9.17, 15) is 0 Å². The van der Waals surface area contributed by atoms with E-state index in [1.54, 1.807) is 0 Å². The molecule has 0 aliphatic carbocycles. The van der Waals surface area contributed by atoms with Crippen LogP contribution in [0.3, 0.4) is 0 Å². The lowest BCUT2D eigenvalue weighted by Crippen LogP contribution is -2.41. The van der Waals surface area contributed by atoms with Crippen molar-refractivity contribution in [2.75, 3.05) is 0 Å². The second-order valence-corrected chi connectivity index (χ2v) is 6.41. The van der Waals surface area contributed by atoms with Crippen molar-refractivity contribution in [2.24, 2.45) is 0 Å². The predicted octanol–water partition coefficient (Wildman–Crippen LogP) is 2.95. The lowest BCUT2D eigenvalue weighted by Gasteiger charge is -2.32. The lowest BCUT2D eigenvalue weighted by molar-refractivity contribution is 0.00578. The van der Waals surface area contributed by atoms with Gasteiger partial charge in [-0.3, -0.25) is 0 Å². The van der Waals surface area contributed by atoms with Crippen LogP contribution in [0.15, 0.2) is 34.7 Å². The van der Waals surface area contributed by atoms with Gasteiger partial charge in [-0.15, -0.1) is 0 Å². The molecule has 5 heteroatoms.